The minimum absolute atomic E-state index is 0.291. The zero-order chi connectivity index (χ0) is 19.5. The van der Waals surface area contributed by atoms with Crippen molar-refractivity contribution in [2.45, 2.75) is 6.10 Å². The normalized spacial score (nSPS) is 14.8. The van der Waals surface area contributed by atoms with E-state index in [-0.39, 0.29) is 11.9 Å². The van der Waals surface area contributed by atoms with E-state index in [1.54, 1.807) is 30.3 Å². The third kappa shape index (κ3) is 3.91. The lowest BCUT2D eigenvalue weighted by atomic mass is 10.0. The predicted octanol–water partition coefficient (Wildman–Crippen LogP) is 4.47. The molecule has 1 unspecified atom stereocenters. The number of rotatable bonds is 6. The lowest BCUT2D eigenvalue weighted by Gasteiger charge is -2.14. The molecule has 1 aliphatic heterocycles. The number of carbonyl (C=O) groups is 1. The van der Waals surface area contributed by atoms with Gasteiger partial charge in [0.1, 0.15) is 29.7 Å². The van der Waals surface area contributed by atoms with Crippen LogP contribution in [0.15, 0.2) is 66.7 Å². The van der Waals surface area contributed by atoms with E-state index in [4.69, 9.17) is 19.3 Å². The van der Waals surface area contributed by atoms with Gasteiger partial charge in [0, 0.05) is 11.6 Å². The van der Waals surface area contributed by atoms with E-state index >= 15 is 0 Å². The molecule has 1 aliphatic rings. The SMILES string of the molecule is O=C(O)COc1cccc(OC2COc3ccc(-c4cccc(F)c4)cc32)c1. The molecule has 1 atom stereocenters. The van der Waals surface area contributed by atoms with Crippen molar-refractivity contribution in [3.63, 3.8) is 0 Å². The van der Waals surface area contributed by atoms with Crippen LogP contribution in [0, 0.1) is 5.82 Å². The van der Waals surface area contributed by atoms with E-state index in [2.05, 4.69) is 0 Å². The van der Waals surface area contributed by atoms with Crippen molar-refractivity contribution in [2.75, 3.05) is 13.2 Å². The van der Waals surface area contributed by atoms with Crippen LogP contribution in [0.4, 0.5) is 4.39 Å². The number of halogens is 1. The molecule has 1 N–H and O–H groups in total. The maximum Gasteiger partial charge on any atom is 0.341 e. The molecule has 0 saturated carbocycles. The van der Waals surface area contributed by atoms with Crippen LogP contribution in [-0.4, -0.2) is 24.3 Å². The average molecular weight is 380 g/mol. The molecule has 4 rings (SSSR count). The highest BCUT2D eigenvalue weighted by atomic mass is 19.1. The highest BCUT2D eigenvalue weighted by Crippen LogP contribution is 2.38. The molecule has 28 heavy (non-hydrogen) atoms. The molecule has 0 amide bonds. The third-order valence-corrected chi connectivity index (χ3v) is 4.35. The standard InChI is InChI=1S/C22H17FO5/c23-16-4-1-3-14(9-16)15-7-8-20-19(10-15)21(12-27-20)28-18-6-2-5-17(11-18)26-13-22(24)25/h1-11,21H,12-13H2,(H,24,25). The summed E-state index contributed by atoms with van der Waals surface area (Å²) in [6, 6.07) is 18.9. The summed E-state index contributed by atoms with van der Waals surface area (Å²) in [4.78, 5) is 10.6. The maximum absolute atomic E-state index is 13.5. The molecule has 0 saturated heterocycles. The molecule has 142 valence electrons. The molecule has 1 heterocycles. The van der Waals surface area contributed by atoms with Crippen LogP contribution in [0.25, 0.3) is 11.1 Å². The van der Waals surface area contributed by atoms with Crippen LogP contribution in [0.1, 0.15) is 11.7 Å². The second-order valence-electron chi connectivity index (χ2n) is 6.34. The molecule has 0 aliphatic carbocycles. The summed E-state index contributed by atoms with van der Waals surface area (Å²) in [7, 11) is 0. The van der Waals surface area contributed by atoms with Crippen LogP contribution in [0.5, 0.6) is 17.2 Å². The predicted molar refractivity (Wildman–Crippen MR) is 100 cm³/mol. The Balaban J connectivity index is 1.55. The van der Waals surface area contributed by atoms with Crippen molar-refractivity contribution < 1.29 is 28.5 Å². The van der Waals surface area contributed by atoms with Gasteiger partial charge in [-0.3, -0.25) is 0 Å². The first kappa shape index (κ1) is 17.9. The number of benzene rings is 3. The van der Waals surface area contributed by atoms with Crippen molar-refractivity contribution >= 4 is 5.97 Å². The Kier molecular flexibility index (Phi) is 4.85. The van der Waals surface area contributed by atoms with Gasteiger partial charge in [-0.1, -0.05) is 24.3 Å². The average Bonchev–Trinajstić information content (AvgIpc) is 3.09. The summed E-state index contributed by atoms with van der Waals surface area (Å²) < 4.78 is 30.5. The second-order valence-corrected chi connectivity index (χ2v) is 6.34. The number of carboxylic acids is 1. The van der Waals surface area contributed by atoms with E-state index in [1.807, 2.05) is 24.3 Å². The van der Waals surface area contributed by atoms with E-state index < -0.39 is 12.6 Å². The molecule has 3 aromatic carbocycles. The number of hydrogen-bond donors (Lipinski definition) is 1. The van der Waals surface area contributed by atoms with Crippen LogP contribution in [-0.2, 0) is 4.79 Å². The smallest absolute Gasteiger partial charge is 0.341 e. The minimum Gasteiger partial charge on any atom is -0.489 e. The number of fused-ring (bicyclic) bond motifs is 1. The van der Waals surface area contributed by atoms with Gasteiger partial charge in [-0.25, -0.2) is 9.18 Å². The number of aliphatic carboxylic acids is 1. The molecular formula is C22H17FO5. The zero-order valence-corrected chi connectivity index (χ0v) is 14.8. The molecular weight excluding hydrogens is 363 g/mol. The fraction of sp³-hybridized carbons (Fsp3) is 0.136. The monoisotopic (exact) mass is 380 g/mol. The molecule has 3 aromatic rings. The van der Waals surface area contributed by atoms with Gasteiger partial charge >= 0.3 is 5.97 Å². The Morgan fingerprint density at radius 3 is 2.64 bits per heavy atom. The fourth-order valence-electron chi connectivity index (χ4n) is 3.08. The Hall–Kier alpha value is -3.54. The first-order valence-electron chi connectivity index (χ1n) is 8.72. The van der Waals surface area contributed by atoms with Gasteiger partial charge in [-0.2, -0.15) is 0 Å². The first-order chi connectivity index (χ1) is 13.6. The van der Waals surface area contributed by atoms with Crippen molar-refractivity contribution in [1.29, 1.82) is 0 Å². The number of ether oxygens (including phenoxy) is 3. The van der Waals surface area contributed by atoms with Gasteiger partial charge in [0.15, 0.2) is 12.7 Å². The summed E-state index contributed by atoms with van der Waals surface area (Å²) in [5, 5.41) is 8.72. The minimum atomic E-state index is -1.05. The van der Waals surface area contributed by atoms with Gasteiger partial charge in [-0.15, -0.1) is 0 Å². The molecule has 0 aromatic heterocycles. The Labute approximate surface area is 160 Å². The first-order valence-corrected chi connectivity index (χ1v) is 8.72. The summed E-state index contributed by atoms with van der Waals surface area (Å²) in [6.45, 7) is -0.0715. The van der Waals surface area contributed by atoms with Crippen molar-refractivity contribution in [3.8, 4) is 28.4 Å². The van der Waals surface area contributed by atoms with E-state index in [9.17, 15) is 9.18 Å². The Morgan fingerprint density at radius 2 is 1.82 bits per heavy atom. The summed E-state index contributed by atoms with van der Waals surface area (Å²) in [5.74, 6) is 0.339. The molecule has 0 bridgehead atoms. The highest BCUT2D eigenvalue weighted by Gasteiger charge is 2.26. The third-order valence-electron chi connectivity index (χ3n) is 4.35. The second kappa shape index (κ2) is 7.60. The van der Waals surface area contributed by atoms with Crippen molar-refractivity contribution in [2.24, 2.45) is 0 Å². The summed E-state index contributed by atoms with van der Waals surface area (Å²) in [5.41, 5.74) is 2.52. The van der Waals surface area contributed by atoms with Gasteiger partial charge < -0.3 is 19.3 Å². The van der Waals surface area contributed by atoms with E-state index in [1.165, 1.54) is 12.1 Å². The van der Waals surface area contributed by atoms with Gasteiger partial charge in [-0.05, 0) is 47.5 Å². The topological polar surface area (TPSA) is 65.0 Å². The molecule has 0 spiro atoms. The molecule has 0 radical (unpaired) electrons. The number of carboxylic acid groups (broad SMARTS) is 1. The lowest BCUT2D eigenvalue weighted by molar-refractivity contribution is -0.139. The van der Waals surface area contributed by atoms with Gasteiger partial charge in [0.05, 0.1) is 0 Å². The maximum atomic E-state index is 13.5. The Bertz CT molecular complexity index is 1020. The summed E-state index contributed by atoms with van der Waals surface area (Å²) in [6.07, 6.45) is -0.335. The van der Waals surface area contributed by atoms with Crippen molar-refractivity contribution in [3.05, 3.63) is 78.1 Å². The van der Waals surface area contributed by atoms with Crippen molar-refractivity contribution in [1.82, 2.24) is 0 Å². The van der Waals surface area contributed by atoms with Crippen LogP contribution in [0.2, 0.25) is 0 Å². The van der Waals surface area contributed by atoms with E-state index in [0.29, 0.717) is 18.1 Å². The van der Waals surface area contributed by atoms with Crippen LogP contribution >= 0.6 is 0 Å². The fourth-order valence-corrected chi connectivity index (χ4v) is 3.08. The van der Waals surface area contributed by atoms with Gasteiger partial charge in [0.2, 0.25) is 0 Å². The summed E-state index contributed by atoms with van der Waals surface area (Å²) >= 11 is 0. The highest BCUT2D eigenvalue weighted by molar-refractivity contribution is 5.68. The van der Waals surface area contributed by atoms with Gasteiger partial charge in [0.25, 0.3) is 0 Å². The zero-order valence-electron chi connectivity index (χ0n) is 14.8. The molecule has 0 fully saturated rings. The molecule has 6 heteroatoms. The molecule has 5 nitrogen and oxygen atoms in total. The largest absolute Gasteiger partial charge is 0.489 e. The lowest BCUT2D eigenvalue weighted by Crippen LogP contribution is -2.10. The quantitative estimate of drug-likeness (QED) is 0.684. The number of hydrogen-bond acceptors (Lipinski definition) is 4. The van der Waals surface area contributed by atoms with Crippen LogP contribution in [0.3, 0.4) is 0 Å². The van der Waals surface area contributed by atoms with E-state index in [0.717, 1.165) is 22.4 Å². The van der Waals surface area contributed by atoms with Crippen LogP contribution < -0.4 is 14.2 Å². The Morgan fingerprint density at radius 1 is 1.04 bits per heavy atom.